The van der Waals surface area contributed by atoms with Gasteiger partial charge in [-0.25, -0.2) is 13.4 Å². The number of nitrogens with zero attached hydrogens (tertiary/aromatic N) is 4. The summed E-state index contributed by atoms with van der Waals surface area (Å²) in [7, 11) is 0.203. The van der Waals surface area contributed by atoms with Gasteiger partial charge in [-0.1, -0.05) is 11.3 Å². The monoisotopic (exact) mass is 546 g/mol. The molecule has 1 amide bonds. The van der Waals surface area contributed by atoms with Gasteiger partial charge in [0.1, 0.15) is 5.75 Å². The first-order valence-electron chi connectivity index (χ1n) is 12.3. The second kappa shape index (κ2) is 11.4. The van der Waals surface area contributed by atoms with E-state index in [0.29, 0.717) is 43.5 Å². The molecule has 3 aromatic rings. The van der Waals surface area contributed by atoms with Crippen LogP contribution in [0.4, 0.5) is 5.13 Å². The number of hydrogen-bond acceptors (Lipinski definition) is 8. The van der Waals surface area contributed by atoms with Crippen LogP contribution in [-0.2, 0) is 14.8 Å². The molecule has 2 aromatic carbocycles. The molecule has 0 bridgehead atoms. The lowest BCUT2D eigenvalue weighted by atomic mass is 10.2. The van der Waals surface area contributed by atoms with Crippen LogP contribution in [0.2, 0.25) is 0 Å². The highest BCUT2D eigenvalue weighted by molar-refractivity contribution is 7.89. The van der Waals surface area contributed by atoms with Crippen LogP contribution < -0.4 is 9.64 Å². The lowest BCUT2D eigenvalue weighted by Crippen LogP contribution is -2.48. The Morgan fingerprint density at radius 2 is 1.78 bits per heavy atom. The molecule has 200 valence electrons. The molecule has 0 radical (unpaired) electrons. The van der Waals surface area contributed by atoms with Crippen molar-refractivity contribution in [2.45, 2.75) is 37.9 Å². The van der Waals surface area contributed by atoms with Crippen LogP contribution in [0.1, 0.15) is 31.1 Å². The van der Waals surface area contributed by atoms with E-state index in [4.69, 9.17) is 14.5 Å². The van der Waals surface area contributed by atoms with E-state index in [9.17, 15) is 13.2 Å². The summed E-state index contributed by atoms with van der Waals surface area (Å²) in [6.45, 7) is 7.91. The molecule has 0 saturated carbocycles. The molecule has 0 spiro atoms. The molecule has 1 fully saturated rings. The van der Waals surface area contributed by atoms with E-state index in [1.165, 1.54) is 27.8 Å². The number of hydrogen-bond donors (Lipinski definition) is 0. The Kier molecular flexibility index (Phi) is 8.49. The molecular formula is C26H34N4O5S2. The van der Waals surface area contributed by atoms with E-state index in [1.807, 2.05) is 58.0 Å². The smallest absolute Gasteiger partial charge is 0.260 e. The highest BCUT2D eigenvalue weighted by Gasteiger charge is 2.32. The van der Waals surface area contributed by atoms with Crippen LogP contribution in [0.3, 0.4) is 0 Å². The zero-order valence-electron chi connectivity index (χ0n) is 21.9. The number of fused-ring (bicyclic) bond motifs is 1. The number of rotatable bonds is 9. The number of amides is 1. The fraction of sp³-hybridized carbons (Fsp3) is 0.462. The molecule has 2 atom stereocenters. The van der Waals surface area contributed by atoms with Crippen molar-refractivity contribution in [3.8, 4) is 5.75 Å². The van der Waals surface area contributed by atoms with E-state index in [-0.39, 0.29) is 23.0 Å². The summed E-state index contributed by atoms with van der Waals surface area (Å²) in [6, 6.07) is 11.9. The highest BCUT2D eigenvalue weighted by atomic mass is 32.2. The summed E-state index contributed by atoms with van der Waals surface area (Å²) in [6.07, 6.45) is -0.355. The third-order valence-electron chi connectivity index (χ3n) is 6.03. The van der Waals surface area contributed by atoms with Crippen LogP contribution in [0.25, 0.3) is 10.2 Å². The normalized spacial score (nSPS) is 18.9. The Balaban J connectivity index is 1.60. The number of carbonyl (C=O) groups is 1. The van der Waals surface area contributed by atoms with Crippen molar-refractivity contribution in [3.05, 3.63) is 48.0 Å². The molecule has 1 aliphatic rings. The number of sulfonamides is 1. The van der Waals surface area contributed by atoms with E-state index >= 15 is 0 Å². The maximum Gasteiger partial charge on any atom is 0.260 e. The Hall–Kier alpha value is -2.57. The first-order valence-corrected chi connectivity index (χ1v) is 14.6. The van der Waals surface area contributed by atoms with Crippen LogP contribution in [0.15, 0.2) is 47.4 Å². The molecule has 2 heterocycles. The maximum atomic E-state index is 13.6. The lowest BCUT2D eigenvalue weighted by Gasteiger charge is -2.34. The van der Waals surface area contributed by atoms with Crippen molar-refractivity contribution in [2.24, 2.45) is 0 Å². The molecule has 1 saturated heterocycles. The molecule has 1 aliphatic heterocycles. The Bertz CT molecular complexity index is 1330. The minimum atomic E-state index is -3.69. The van der Waals surface area contributed by atoms with Gasteiger partial charge in [0.2, 0.25) is 10.0 Å². The Morgan fingerprint density at radius 1 is 1.11 bits per heavy atom. The van der Waals surface area contributed by atoms with Gasteiger partial charge in [-0.05, 0) is 77.3 Å². The second-order valence-corrected chi connectivity index (χ2v) is 12.4. The lowest BCUT2D eigenvalue weighted by molar-refractivity contribution is -0.0440. The van der Waals surface area contributed by atoms with E-state index < -0.39 is 10.0 Å². The molecule has 0 N–H and O–H groups in total. The highest BCUT2D eigenvalue weighted by Crippen LogP contribution is 2.32. The van der Waals surface area contributed by atoms with Gasteiger partial charge >= 0.3 is 0 Å². The van der Waals surface area contributed by atoms with Crippen molar-refractivity contribution in [1.29, 1.82) is 0 Å². The molecule has 37 heavy (non-hydrogen) atoms. The summed E-state index contributed by atoms with van der Waals surface area (Å²) in [5.41, 5.74) is 1.19. The number of likely N-dealkylation sites (N-methyl/N-ethyl adjacent to an activating group) is 1. The largest absolute Gasteiger partial charge is 0.494 e. The third-order valence-corrected chi connectivity index (χ3v) is 8.92. The summed E-state index contributed by atoms with van der Waals surface area (Å²) >= 11 is 1.43. The van der Waals surface area contributed by atoms with Crippen molar-refractivity contribution in [2.75, 3.05) is 51.8 Å². The number of ether oxygens (including phenoxy) is 2. The summed E-state index contributed by atoms with van der Waals surface area (Å²) in [5, 5.41) is 0.587. The minimum Gasteiger partial charge on any atom is -0.494 e. The summed E-state index contributed by atoms with van der Waals surface area (Å²) < 4.78 is 40.1. The topological polar surface area (TPSA) is 92.3 Å². The maximum absolute atomic E-state index is 13.6. The number of morpholine rings is 1. The minimum absolute atomic E-state index is 0.161. The van der Waals surface area contributed by atoms with Crippen molar-refractivity contribution < 1.29 is 22.7 Å². The van der Waals surface area contributed by atoms with E-state index in [0.717, 1.165) is 16.0 Å². The predicted molar refractivity (Wildman–Crippen MR) is 146 cm³/mol. The van der Waals surface area contributed by atoms with Crippen LogP contribution in [0.5, 0.6) is 5.75 Å². The van der Waals surface area contributed by atoms with Crippen LogP contribution in [0, 0.1) is 0 Å². The average molecular weight is 547 g/mol. The third kappa shape index (κ3) is 6.29. The average Bonchev–Trinajstić information content (AvgIpc) is 3.26. The van der Waals surface area contributed by atoms with Gasteiger partial charge in [-0.15, -0.1) is 0 Å². The number of anilines is 1. The van der Waals surface area contributed by atoms with E-state index in [2.05, 4.69) is 0 Å². The number of benzene rings is 2. The molecule has 11 heteroatoms. The van der Waals surface area contributed by atoms with Gasteiger partial charge in [0.15, 0.2) is 5.13 Å². The number of aromatic nitrogens is 1. The first kappa shape index (κ1) is 27.5. The molecule has 4 rings (SSSR count). The molecule has 1 aromatic heterocycles. The Morgan fingerprint density at radius 3 is 2.41 bits per heavy atom. The fourth-order valence-corrected chi connectivity index (χ4v) is 6.86. The van der Waals surface area contributed by atoms with Crippen molar-refractivity contribution >= 4 is 42.6 Å². The summed E-state index contributed by atoms with van der Waals surface area (Å²) in [4.78, 5) is 22.1. The van der Waals surface area contributed by atoms with Gasteiger partial charge in [0.25, 0.3) is 5.91 Å². The SMILES string of the molecule is CCOc1ccc2nc(N(CCN(C)C)C(=O)c3ccc(S(=O)(=O)N4CC(C)OC(C)C4)cc3)sc2c1. The van der Waals surface area contributed by atoms with Crippen LogP contribution >= 0.6 is 11.3 Å². The second-order valence-electron chi connectivity index (χ2n) is 9.42. The molecule has 9 nitrogen and oxygen atoms in total. The zero-order chi connectivity index (χ0) is 26.7. The Labute approximate surface area is 222 Å². The fourth-order valence-electron chi connectivity index (χ4n) is 4.25. The van der Waals surface area contributed by atoms with Gasteiger partial charge in [-0.2, -0.15) is 4.31 Å². The van der Waals surface area contributed by atoms with Gasteiger partial charge in [0, 0.05) is 31.7 Å². The van der Waals surface area contributed by atoms with Crippen molar-refractivity contribution in [1.82, 2.24) is 14.2 Å². The predicted octanol–water partition coefficient (Wildman–Crippen LogP) is 3.70. The molecular weight excluding hydrogens is 512 g/mol. The van der Waals surface area contributed by atoms with Crippen LogP contribution in [-0.4, -0.2) is 87.6 Å². The first-order chi connectivity index (χ1) is 17.6. The number of carbonyl (C=O) groups excluding carboxylic acids is 1. The quantitative estimate of drug-likeness (QED) is 0.404. The molecule has 0 aliphatic carbocycles. The van der Waals surface area contributed by atoms with Gasteiger partial charge in [-0.3, -0.25) is 9.69 Å². The van der Waals surface area contributed by atoms with Crippen molar-refractivity contribution in [3.63, 3.8) is 0 Å². The number of thiazole rings is 1. The van der Waals surface area contributed by atoms with Gasteiger partial charge < -0.3 is 14.4 Å². The van der Waals surface area contributed by atoms with Gasteiger partial charge in [0.05, 0.1) is 33.9 Å². The van der Waals surface area contributed by atoms with E-state index in [1.54, 1.807) is 17.0 Å². The summed E-state index contributed by atoms with van der Waals surface area (Å²) in [5.74, 6) is 0.528. The molecule has 2 unspecified atom stereocenters. The standard InChI is InChI=1S/C26H34N4O5S2/c1-6-34-21-9-12-23-24(15-21)36-26(27-23)30(14-13-28(4)5)25(31)20-7-10-22(11-8-20)37(32,33)29-16-18(2)35-19(3)17-29/h7-12,15,18-19H,6,13-14,16-17H2,1-5H3. The zero-order valence-corrected chi connectivity index (χ0v) is 23.5.